The molecule has 0 bridgehead atoms. The molecule has 1 N–H and O–H groups in total. The number of halogens is 2. The molecule has 20 heavy (non-hydrogen) atoms. The molecule has 2 aromatic rings. The smallest absolute Gasteiger partial charge is 0.159 e. The van der Waals surface area contributed by atoms with E-state index in [2.05, 4.69) is 5.32 Å². The van der Waals surface area contributed by atoms with Crippen molar-refractivity contribution in [2.45, 2.75) is 13.0 Å². The van der Waals surface area contributed by atoms with Gasteiger partial charge in [0.05, 0.1) is 13.2 Å². The first-order valence-corrected chi connectivity index (χ1v) is 6.33. The van der Waals surface area contributed by atoms with Gasteiger partial charge in [-0.1, -0.05) is 18.2 Å². The van der Waals surface area contributed by atoms with E-state index in [0.717, 1.165) is 22.9 Å². The van der Waals surface area contributed by atoms with Crippen LogP contribution in [0.3, 0.4) is 0 Å². The Morgan fingerprint density at radius 1 is 1.00 bits per heavy atom. The maximum absolute atomic E-state index is 13.4. The molecule has 0 aromatic heterocycles. The van der Waals surface area contributed by atoms with Crippen LogP contribution in [0.25, 0.3) is 0 Å². The molecule has 4 heteroatoms. The zero-order valence-electron chi connectivity index (χ0n) is 11.7. The third kappa shape index (κ3) is 2.80. The van der Waals surface area contributed by atoms with Crippen molar-refractivity contribution < 1.29 is 13.5 Å². The molecule has 0 aliphatic heterocycles. The highest BCUT2D eigenvalue weighted by Crippen LogP contribution is 2.27. The van der Waals surface area contributed by atoms with Gasteiger partial charge in [0.1, 0.15) is 5.75 Å². The summed E-state index contributed by atoms with van der Waals surface area (Å²) in [7, 11) is 3.40. The minimum absolute atomic E-state index is 0.199. The number of aryl methyl sites for hydroxylation is 1. The van der Waals surface area contributed by atoms with Crippen LogP contribution in [-0.4, -0.2) is 14.2 Å². The molecule has 1 atom stereocenters. The Labute approximate surface area is 117 Å². The molecule has 0 heterocycles. The summed E-state index contributed by atoms with van der Waals surface area (Å²) in [5.74, 6) is -0.878. The molecule has 0 aliphatic rings. The van der Waals surface area contributed by atoms with E-state index >= 15 is 0 Å². The van der Waals surface area contributed by atoms with E-state index in [1.807, 2.05) is 25.1 Å². The summed E-state index contributed by atoms with van der Waals surface area (Å²) in [6.45, 7) is 1.94. The number of hydrogen-bond donors (Lipinski definition) is 1. The van der Waals surface area contributed by atoms with E-state index in [0.29, 0.717) is 5.56 Å². The largest absolute Gasteiger partial charge is 0.496 e. The van der Waals surface area contributed by atoms with Gasteiger partial charge in [0.15, 0.2) is 11.6 Å². The van der Waals surface area contributed by atoms with Crippen LogP contribution in [0.4, 0.5) is 8.78 Å². The summed E-state index contributed by atoms with van der Waals surface area (Å²) >= 11 is 0. The molecule has 0 saturated heterocycles. The lowest BCUT2D eigenvalue weighted by Crippen LogP contribution is -2.18. The Balaban J connectivity index is 2.41. The molecular weight excluding hydrogens is 260 g/mol. The standard InChI is InChI=1S/C16H17F2NO/c1-10-8-11(5-7-15(10)20-3)16(19-2)12-4-6-13(17)14(18)9-12/h4-9,16,19H,1-3H3. The first-order valence-electron chi connectivity index (χ1n) is 6.33. The van der Waals surface area contributed by atoms with Gasteiger partial charge >= 0.3 is 0 Å². The van der Waals surface area contributed by atoms with Crippen molar-refractivity contribution in [3.63, 3.8) is 0 Å². The first-order chi connectivity index (χ1) is 9.56. The summed E-state index contributed by atoms with van der Waals surface area (Å²) in [5, 5.41) is 3.12. The predicted molar refractivity (Wildman–Crippen MR) is 75.0 cm³/mol. The topological polar surface area (TPSA) is 21.3 Å². The average Bonchev–Trinajstić information content (AvgIpc) is 2.44. The van der Waals surface area contributed by atoms with Crippen LogP contribution in [0, 0.1) is 18.6 Å². The number of methoxy groups -OCH3 is 1. The van der Waals surface area contributed by atoms with Crippen LogP contribution in [0.1, 0.15) is 22.7 Å². The van der Waals surface area contributed by atoms with Crippen LogP contribution in [0.5, 0.6) is 5.75 Å². The number of rotatable bonds is 4. The van der Waals surface area contributed by atoms with Gasteiger partial charge in [-0.25, -0.2) is 8.78 Å². The Kier molecular flexibility index (Phi) is 4.35. The van der Waals surface area contributed by atoms with Crippen molar-refractivity contribution in [3.8, 4) is 5.75 Å². The predicted octanol–water partition coefficient (Wildman–Crippen LogP) is 3.59. The van der Waals surface area contributed by atoms with Gasteiger partial charge < -0.3 is 10.1 Å². The monoisotopic (exact) mass is 277 g/mol. The zero-order chi connectivity index (χ0) is 14.7. The van der Waals surface area contributed by atoms with Gasteiger partial charge in [-0.3, -0.25) is 0 Å². The molecule has 0 amide bonds. The maximum atomic E-state index is 13.4. The Bertz CT molecular complexity index is 613. The van der Waals surface area contributed by atoms with Crippen LogP contribution < -0.4 is 10.1 Å². The highest BCUT2D eigenvalue weighted by molar-refractivity contribution is 5.40. The second-order valence-electron chi connectivity index (χ2n) is 4.62. The summed E-state index contributed by atoms with van der Waals surface area (Å²) in [5.41, 5.74) is 2.64. The summed E-state index contributed by atoms with van der Waals surface area (Å²) in [6.07, 6.45) is 0. The van der Waals surface area contributed by atoms with Gasteiger partial charge in [0, 0.05) is 0 Å². The minimum Gasteiger partial charge on any atom is -0.496 e. The first kappa shape index (κ1) is 14.5. The zero-order valence-corrected chi connectivity index (χ0v) is 11.7. The van der Waals surface area contributed by atoms with Crippen LogP contribution in [0.2, 0.25) is 0 Å². The highest BCUT2D eigenvalue weighted by Gasteiger charge is 2.15. The second kappa shape index (κ2) is 6.01. The van der Waals surface area contributed by atoms with Crippen LogP contribution in [-0.2, 0) is 0 Å². The lowest BCUT2D eigenvalue weighted by molar-refractivity contribution is 0.411. The van der Waals surface area contributed by atoms with E-state index in [4.69, 9.17) is 4.74 Å². The molecule has 106 valence electrons. The van der Waals surface area contributed by atoms with Crippen molar-refractivity contribution in [1.82, 2.24) is 5.32 Å². The fraction of sp³-hybridized carbons (Fsp3) is 0.250. The van der Waals surface area contributed by atoms with E-state index in [-0.39, 0.29) is 6.04 Å². The number of hydrogen-bond acceptors (Lipinski definition) is 2. The minimum atomic E-state index is -0.840. The van der Waals surface area contributed by atoms with Crippen molar-refractivity contribution in [2.75, 3.05) is 14.2 Å². The van der Waals surface area contributed by atoms with Crippen LogP contribution >= 0.6 is 0 Å². The fourth-order valence-corrected chi connectivity index (χ4v) is 2.30. The number of benzene rings is 2. The molecule has 2 nitrogen and oxygen atoms in total. The van der Waals surface area contributed by atoms with Crippen molar-refractivity contribution in [3.05, 3.63) is 64.7 Å². The van der Waals surface area contributed by atoms with E-state index in [9.17, 15) is 8.78 Å². The van der Waals surface area contributed by atoms with Crippen molar-refractivity contribution in [1.29, 1.82) is 0 Å². The summed E-state index contributed by atoms with van der Waals surface area (Å²) in [6, 6.07) is 9.50. The molecular formula is C16H17F2NO. The quantitative estimate of drug-likeness (QED) is 0.922. The Morgan fingerprint density at radius 2 is 1.65 bits per heavy atom. The lowest BCUT2D eigenvalue weighted by atomic mass is 9.97. The molecule has 0 saturated carbocycles. The molecule has 0 spiro atoms. The fourth-order valence-electron chi connectivity index (χ4n) is 2.30. The number of nitrogens with one attached hydrogen (secondary N) is 1. The van der Waals surface area contributed by atoms with E-state index in [1.54, 1.807) is 20.2 Å². The van der Waals surface area contributed by atoms with E-state index in [1.165, 1.54) is 6.07 Å². The Morgan fingerprint density at radius 3 is 2.20 bits per heavy atom. The third-order valence-corrected chi connectivity index (χ3v) is 3.32. The van der Waals surface area contributed by atoms with Gasteiger partial charge in [-0.05, 0) is 48.9 Å². The molecule has 0 radical (unpaired) electrons. The average molecular weight is 277 g/mol. The van der Waals surface area contributed by atoms with E-state index < -0.39 is 11.6 Å². The third-order valence-electron chi connectivity index (χ3n) is 3.32. The van der Waals surface area contributed by atoms with Gasteiger partial charge in [0.2, 0.25) is 0 Å². The number of ether oxygens (including phenoxy) is 1. The normalized spacial score (nSPS) is 12.2. The van der Waals surface area contributed by atoms with Crippen molar-refractivity contribution in [2.24, 2.45) is 0 Å². The summed E-state index contributed by atoms with van der Waals surface area (Å²) in [4.78, 5) is 0. The summed E-state index contributed by atoms with van der Waals surface area (Å²) < 4.78 is 31.6. The van der Waals surface area contributed by atoms with Crippen molar-refractivity contribution >= 4 is 0 Å². The van der Waals surface area contributed by atoms with Gasteiger partial charge in [0.25, 0.3) is 0 Å². The molecule has 2 rings (SSSR count). The molecule has 2 aromatic carbocycles. The van der Waals surface area contributed by atoms with Gasteiger partial charge in [-0.15, -0.1) is 0 Å². The Hall–Kier alpha value is -1.94. The lowest BCUT2D eigenvalue weighted by Gasteiger charge is -2.19. The molecule has 1 unspecified atom stereocenters. The van der Waals surface area contributed by atoms with Crippen LogP contribution in [0.15, 0.2) is 36.4 Å². The highest BCUT2D eigenvalue weighted by atomic mass is 19.2. The molecule has 0 fully saturated rings. The molecule has 0 aliphatic carbocycles. The van der Waals surface area contributed by atoms with Gasteiger partial charge in [-0.2, -0.15) is 0 Å². The second-order valence-corrected chi connectivity index (χ2v) is 4.62. The maximum Gasteiger partial charge on any atom is 0.159 e. The SMILES string of the molecule is CNC(c1ccc(OC)c(C)c1)c1ccc(F)c(F)c1.